The second-order valence-corrected chi connectivity index (χ2v) is 4.31. The van der Waals surface area contributed by atoms with Gasteiger partial charge in [0.05, 0.1) is 0 Å². The predicted octanol–water partition coefficient (Wildman–Crippen LogP) is 3.85. The molecule has 1 radical (unpaired) electrons. The molecule has 1 nitrogen and oxygen atoms in total. The van der Waals surface area contributed by atoms with Crippen LogP contribution >= 0.6 is 0 Å². The third-order valence-electron chi connectivity index (χ3n) is 2.34. The van der Waals surface area contributed by atoms with E-state index in [2.05, 4.69) is 46.1 Å². The fourth-order valence-electron chi connectivity index (χ4n) is 1.65. The molecule has 0 amide bonds. The second kappa shape index (κ2) is 7.37. The van der Waals surface area contributed by atoms with Gasteiger partial charge in [0, 0.05) is 18.6 Å². The van der Waals surface area contributed by atoms with Crippen molar-refractivity contribution >= 4 is 0 Å². The summed E-state index contributed by atoms with van der Waals surface area (Å²) in [7, 11) is 0. The molecule has 0 saturated carbocycles. The minimum absolute atomic E-state index is 0.640. The zero-order chi connectivity index (χ0) is 10.3. The van der Waals surface area contributed by atoms with Crippen molar-refractivity contribution in [2.75, 3.05) is 0 Å². The van der Waals surface area contributed by atoms with Crippen molar-refractivity contribution in [3.63, 3.8) is 0 Å². The van der Waals surface area contributed by atoms with Crippen molar-refractivity contribution in [3.05, 3.63) is 6.54 Å². The molecule has 0 aliphatic rings. The van der Waals surface area contributed by atoms with Gasteiger partial charge in [-0.05, 0) is 34.1 Å². The highest BCUT2D eigenvalue weighted by atomic mass is 15.2. The summed E-state index contributed by atoms with van der Waals surface area (Å²) in [5, 5.41) is 0. The van der Waals surface area contributed by atoms with Gasteiger partial charge in [-0.2, -0.15) is 0 Å². The minimum Gasteiger partial charge on any atom is -0.294 e. The molecule has 0 rings (SSSR count). The van der Waals surface area contributed by atoms with E-state index < -0.39 is 0 Å². The van der Waals surface area contributed by atoms with Crippen LogP contribution in [0.1, 0.15) is 60.3 Å². The SMILES string of the molecule is CCCCC[CH]N(C(C)C)C(C)C. The van der Waals surface area contributed by atoms with E-state index in [9.17, 15) is 0 Å². The standard InChI is InChI=1S/C12H26N/c1-6-7-8-9-10-13(11(2)3)12(4)5/h10-12H,6-9H2,1-5H3. The van der Waals surface area contributed by atoms with Gasteiger partial charge >= 0.3 is 0 Å². The molecule has 0 aromatic heterocycles. The van der Waals surface area contributed by atoms with Crippen LogP contribution in [0, 0.1) is 6.54 Å². The molecular weight excluding hydrogens is 158 g/mol. The topological polar surface area (TPSA) is 3.24 Å². The van der Waals surface area contributed by atoms with Gasteiger partial charge in [0.2, 0.25) is 0 Å². The van der Waals surface area contributed by atoms with Crippen LogP contribution in [-0.2, 0) is 0 Å². The molecule has 0 unspecified atom stereocenters. The van der Waals surface area contributed by atoms with Crippen molar-refractivity contribution in [3.8, 4) is 0 Å². The Morgan fingerprint density at radius 1 is 1.00 bits per heavy atom. The summed E-state index contributed by atoms with van der Waals surface area (Å²) in [5.41, 5.74) is 0. The van der Waals surface area contributed by atoms with Crippen LogP contribution in [0.25, 0.3) is 0 Å². The van der Waals surface area contributed by atoms with Crippen LogP contribution in [0.2, 0.25) is 0 Å². The molecular formula is C12H26N. The molecule has 0 aliphatic carbocycles. The normalized spacial score (nSPS) is 12.0. The maximum Gasteiger partial charge on any atom is 0.0257 e. The first kappa shape index (κ1) is 13.0. The summed E-state index contributed by atoms with van der Waals surface area (Å²) < 4.78 is 0. The minimum atomic E-state index is 0.640. The molecule has 0 aromatic carbocycles. The number of unbranched alkanes of at least 4 members (excludes halogenated alkanes) is 3. The molecule has 1 heteroatoms. The Labute approximate surface area is 84.5 Å². The van der Waals surface area contributed by atoms with E-state index in [1.807, 2.05) is 0 Å². The average molecular weight is 184 g/mol. The first-order valence-electron chi connectivity index (χ1n) is 5.70. The molecule has 79 valence electrons. The Kier molecular flexibility index (Phi) is 7.35. The molecule has 0 aliphatic heterocycles. The van der Waals surface area contributed by atoms with Crippen molar-refractivity contribution in [2.45, 2.75) is 72.4 Å². The fourth-order valence-corrected chi connectivity index (χ4v) is 1.65. The van der Waals surface area contributed by atoms with Gasteiger partial charge in [-0.3, -0.25) is 4.90 Å². The first-order chi connectivity index (χ1) is 6.09. The number of hydrogen-bond acceptors (Lipinski definition) is 1. The summed E-state index contributed by atoms with van der Waals surface area (Å²) in [6, 6.07) is 1.28. The fraction of sp³-hybridized carbons (Fsp3) is 0.917. The molecule has 0 fully saturated rings. The smallest absolute Gasteiger partial charge is 0.0257 e. The Morgan fingerprint density at radius 2 is 1.54 bits per heavy atom. The maximum absolute atomic E-state index is 2.45. The predicted molar refractivity (Wildman–Crippen MR) is 60.6 cm³/mol. The first-order valence-corrected chi connectivity index (χ1v) is 5.70. The highest BCUT2D eigenvalue weighted by molar-refractivity contribution is 4.75. The second-order valence-electron chi connectivity index (χ2n) is 4.31. The van der Waals surface area contributed by atoms with E-state index in [0.717, 1.165) is 0 Å². The molecule has 0 aromatic rings. The van der Waals surface area contributed by atoms with Crippen molar-refractivity contribution < 1.29 is 0 Å². The van der Waals surface area contributed by atoms with Crippen LogP contribution in [0.5, 0.6) is 0 Å². The van der Waals surface area contributed by atoms with Gasteiger partial charge in [0.15, 0.2) is 0 Å². The summed E-state index contributed by atoms with van der Waals surface area (Å²) in [6.45, 7) is 13.7. The molecule has 0 atom stereocenters. The lowest BCUT2D eigenvalue weighted by Gasteiger charge is -2.29. The lowest BCUT2D eigenvalue weighted by atomic mass is 10.1. The largest absolute Gasteiger partial charge is 0.294 e. The Morgan fingerprint density at radius 3 is 1.92 bits per heavy atom. The van der Waals surface area contributed by atoms with Gasteiger partial charge in [0.1, 0.15) is 0 Å². The van der Waals surface area contributed by atoms with Gasteiger partial charge in [0.25, 0.3) is 0 Å². The Bertz CT molecular complexity index is 99.7. The molecule has 0 bridgehead atoms. The van der Waals surface area contributed by atoms with Crippen LogP contribution in [0.4, 0.5) is 0 Å². The monoisotopic (exact) mass is 184 g/mol. The van der Waals surface area contributed by atoms with Gasteiger partial charge in [-0.15, -0.1) is 0 Å². The van der Waals surface area contributed by atoms with E-state index in [1.54, 1.807) is 0 Å². The lowest BCUT2D eigenvalue weighted by Crippen LogP contribution is -2.34. The zero-order valence-electron chi connectivity index (χ0n) is 10.0. The van der Waals surface area contributed by atoms with E-state index >= 15 is 0 Å². The molecule has 13 heavy (non-hydrogen) atoms. The van der Waals surface area contributed by atoms with Crippen LogP contribution in [0.3, 0.4) is 0 Å². The van der Waals surface area contributed by atoms with E-state index in [4.69, 9.17) is 0 Å². The Hall–Kier alpha value is -0.0400. The van der Waals surface area contributed by atoms with E-state index in [1.165, 1.54) is 25.7 Å². The number of nitrogens with zero attached hydrogens (tertiary/aromatic N) is 1. The summed E-state index contributed by atoms with van der Waals surface area (Å²) in [6.07, 6.45) is 5.26. The lowest BCUT2D eigenvalue weighted by molar-refractivity contribution is 0.215. The van der Waals surface area contributed by atoms with E-state index in [-0.39, 0.29) is 0 Å². The molecule has 0 saturated heterocycles. The average Bonchev–Trinajstić information content (AvgIpc) is 2.02. The number of hydrogen-bond donors (Lipinski definition) is 0. The third kappa shape index (κ3) is 6.09. The highest BCUT2D eigenvalue weighted by Crippen LogP contribution is 2.12. The maximum atomic E-state index is 2.45. The van der Waals surface area contributed by atoms with Gasteiger partial charge in [-0.1, -0.05) is 26.2 Å². The van der Waals surface area contributed by atoms with Crippen LogP contribution in [-0.4, -0.2) is 17.0 Å². The van der Waals surface area contributed by atoms with E-state index in [0.29, 0.717) is 12.1 Å². The number of rotatable bonds is 7. The third-order valence-corrected chi connectivity index (χ3v) is 2.34. The quantitative estimate of drug-likeness (QED) is 0.543. The summed E-state index contributed by atoms with van der Waals surface area (Å²) >= 11 is 0. The van der Waals surface area contributed by atoms with Crippen LogP contribution < -0.4 is 0 Å². The van der Waals surface area contributed by atoms with Crippen molar-refractivity contribution in [1.82, 2.24) is 4.90 Å². The summed E-state index contributed by atoms with van der Waals surface area (Å²) in [4.78, 5) is 2.45. The van der Waals surface area contributed by atoms with Crippen molar-refractivity contribution in [1.29, 1.82) is 0 Å². The zero-order valence-corrected chi connectivity index (χ0v) is 10.0. The van der Waals surface area contributed by atoms with Crippen LogP contribution in [0.15, 0.2) is 0 Å². The van der Waals surface area contributed by atoms with Gasteiger partial charge < -0.3 is 0 Å². The summed E-state index contributed by atoms with van der Waals surface area (Å²) in [5.74, 6) is 0. The van der Waals surface area contributed by atoms with Gasteiger partial charge in [-0.25, -0.2) is 0 Å². The Balaban J connectivity index is 3.58. The molecule has 0 heterocycles. The highest BCUT2D eigenvalue weighted by Gasteiger charge is 2.12. The molecule has 0 N–H and O–H groups in total. The molecule has 0 spiro atoms. The van der Waals surface area contributed by atoms with Crippen molar-refractivity contribution in [2.24, 2.45) is 0 Å².